The molecule has 3 heterocycles. The van der Waals surface area contributed by atoms with E-state index in [0.717, 1.165) is 72.3 Å². The highest BCUT2D eigenvalue weighted by Crippen LogP contribution is 2.44. The third kappa shape index (κ3) is 4.73. The van der Waals surface area contributed by atoms with Crippen molar-refractivity contribution in [3.05, 3.63) is 170 Å². The van der Waals surface area contributed by atoms with Crippen LogP contribution in [0.5, 0.6) is 0 Å². The summed E-state index contributed by atoms with van der Waals surface area (Å²) >= 11 is 1.84. The lowest BCUT2D eigenvalue weighted by Gasteiger charge is -2.14. The minimum absolute atomic E-state index is 0.624. The number of fused-ring (bicyclic) bond motifs is 6. The van der Waals surface area contributed by atoms with Crippen LogP contribution in [0.15, 0.2) is 174 Å². The number of hydrogen-bond donors (Lipinski definition) is 0. The zero-order chi connectivity index (χ0) is 33.0. The predicted octanol–water partition coefficient (Wildman–Crippen LogP) is 13.1. The Kier molecular flexibility index (Phi) is 6.68. The molecule has 0 bridgehead atoms. The average molecular weight is 657 g/mol. The van der Waals surface area contributed by atoms with Crippen molar-refractivity contribution in [1.29, 1.82) is 0 Å². The Morgan fingerprint density at radius 1 is 0.400 bits per heavy atom. The van der Waals surface area contributed by atoms with Gasteiger partial charge < -0.3 is 4.42 Å². The van der Waals surface area contributed by atoms with E-state index in [-0.39, 0.29) is 0 Å². The molecule has 0 amide bonds. The summed E-state index contributed by atoms with van der Waals surface area (Å²) in [4.78, 5) is 10.5. The molecule has 0 saturated carbocycles. The van der Waals surface area contributed by atoms with E-state index in [1.54, 1.807) is 0 Å². The minimum atomic E-state index is 0.624. The number of furan rings is 1. The highest BCUT2D eigenvalue weighted by atomic mass is 32.1. The SMILES string of the molecule is c1ccc(-c2cc(-c3ccccc3-c3ccccc3)nc(-c3ccc(-c4ccc5sc6ccccc6c5c4)c4c3oc3ccccc34)n2)cc1. The van der Waals surface area contributed by atoms with Crippen molar-refractivity contribution in [2.24, 2.45) is 0 Å². The quantitative estimate of drug-likeness (QED) is 0.185. The van der Waals surface area contributed by atoms with Gasteiger partial charge in [0.15, 0.2) is 5.82 Å². The van der Waals surface area contributed by atoms with Crippen molar-refractivity contribution >= 4 is 53.4 Å². The molecule has 3 nitrogen and oxygen atoms in total. The van der Waals surface area contributed by atoms with Gasteiger partial charge in [0.05, 0.1) is 17.0 Å². The fourth-order valence-corrected chi connectivity index (χ4v) is 8.26. The molecular weight excluding hydrogens is 629 g/mol. The van der Waals surface area contributed by atoms with Crippen LogP contribution in [0.1, 0.15) is 0 Å². The first-order chi connectivity index (χ1) is 24.8. The van der Waals surface area contributed by atoms with Gasteiger partial charge in [-0.2, -0.15) is 0 Å². The number of nitrogens with zero attached hydrogens (tertiary/aromatic N) is 2. The molecule has 0 atom stereocenters. The second kappa shape index (κ2) is 11.7. The molecule has 0 radical (unpaired) electrons. The van der Waals surface area contributed by atoms with E-state index in [0.29, 0.717) is 5.82 Å². The van der Waals surface area contributed by atoms with Gasteiger partial charge in [0.25, 0.3) is 0 Å². The van der Waals surface area contributed by atoms with Crippen LogP contribution in [-0.2, 0) is 0 Å². The van der Waals surface area contributed by atoms with Gasteiger partial charge in [0, 0.05) is 42.1 Å². The van der Waals surface area contributed by atoms with Crippen molar-refractivity contribution in [1.82, 2.24) is 9.97 Å². The van der Waals surface area contributed by atoms with Crippen LogP contribution in [0, 0.1) is 0 Å². The second-order valence-electron chi connectivity index (χ2n) is 12.5. The predicted molar refractivity (Wildman–Crippen MR) is 209 cm³/mol. The number of aromatic nitrogens is 2. The molecule has 3 aromatic heterocycles. The van der Waals surface area contributed by atoms with Crippen LogP contribution in [-0.4, -0.2) is 9.97 Å². The van der Waals surface area contributed by atoms with E-state index in [9.17, 15) is 0 Å². The summed E-state index contributed by atoms with van der Waals surface area (Å²) in [7, 11) is 0. The van der Waals surface area contributed by atoms with Gasteiger partial charge in [-0.3, -0.25) is 0 Å². The molecule has 4 heteroatoms. The monoisotopic (exact) mass is 656 g/mol. The van der Waals surface area contributed by atoms with Gasteiger partial charge in [-0.15, -0.1) is 11.3 Å². The summed E-state index contributed by atoms with van der Waals surface area (Å²) in [5.41, 5.74) is 10.8. The van der Waals surface area contributed by atoms with Crippen LogP contribution in [0.4, 0.5) is 0 Å². The highest BCUT2D eigenvalue weighted by molar-refractivity contribution is 7.25. The van der Waals surface area contributed by atoms with Gasteiger partial charge >= 0.3 is 0 Å². The van der Waals surface area contributed by atoms with Gasteiger partial charge in [0.1, 0.15) is 11.2 Å². The number of benzene rings is 7. The van der Waals surface area contributed by atoms with Crippen LogP contribution in [0.3, 0.4) is 0 Å². The van der Waals surface area contributed by atoms with Crippen molar-refractivity contribution in [2.45, 2.75) is 0 Å². The summed E-state index contributed by atoms with van der Waals surface area (Å²) in [6.07, 6.45) is 0. The highest BCUT2D eigenvalue weighted by Gasteiger charge is 2.21. The van der Waals surface area contributed by atoms with Gasteiger partial charge in [0.2, 0.25) is 0 Å². The molecule has 0 N–H and O–H groups in total. The van der Waals surface area contributed by atoms with E-state index in [2.05, 4.69) is 146 Å². The van der Waals surface area contributed by atoms with Crippen LogP contribution >= 0.6 is 11.3 Å². The molecule has 10 rings (SSSR count). The van der Waals surface area contributed by atoms with E-state index in [1.165, 1.54) is 20.2 Å². The molecule has 234 valence electrons. The van der Waals surface area contributed by atoms with E-state index >= 15 is 0 Å². The number of thiophene rings is 1. The van der Waals surface area contributed by atoms with Gasteiger partial charge in [-0.05, 0) is 58.7 Å². The Hall–Kier alpha value is -6.36. The molecule has 0 spiro atoms. The van der Waals surface area contributed by atoms with Crippen LogP contribution in [0.25, 0.3) is 98.3 Å². The lowest BCUT2D eigenvalue weighted by molar-refractivity contribution is 0.669. The van der Waals surface area contributed by atoms with Crippen molar-refractivity contribution < 1.29 is 4.42 Å². The second-order valence-corrected chi connectivity index (χ2v) is 13.6. The molecule has 0 aliphatic rings. The summed E-state index contributed by atoms with van der Waals surface area (Å²) in [6.45, 7) is 0. The number of hydrogen-bond acceptors (Lipinski definition) is 4. The summed E-state index contributed by atoms with van der Waals surface area (Å²) in [5, 5.41) is 4.70. The fourth-order valence-electron chi connectivity index (χ4n) is 7.18. The summed E-state index contributed by atoms with van der Waals surface area (Å²) in [5.74, 6) is 0.624. The zero-order valence-corrected chi connectivity index (χ0v) is 27.7. The standard InChI is InChI=1S/C46H28N2OS/c1-3-13-29(14-4-1)32-17-7-8-18-34(32)40-28-39(30-15-5-2-6-16-30)47-46(48-40)37-25-24-33(44-36-20-9-11-21-41(36)49-45(37)44)31-23-26-43-38(27-31)35-19-10-12-22-42(35)50-43/h1-28H. The molecule has 0 aliphatic carbocycles. The lowest BCUT2D eigenvalue weighted by atomic mass is 9.95. The molecule has 7 aromatic carbocycles. The molecule has 0 fully saturated rings. The van der Waals surface area contributed by atoms with Crippen molar-refractivity contribution in [3.8, 4) is 56.2 Å². The maximum atomic E-state index is 6.75. The zero-order valence-electron chi connectivity index (χ0n) is 26.9. The van der Waals surface area contributed by atoms with E-state index < -0.39 is 0 Å². The van der Waals surface area contributed by atoms with Gasteiger partial charge in [-0.25, -0.2) is 9.97 Å². The minimum Gasteiger partial charge on any atom is -0.455 e. The third-order valence-corrected chi connectivity index (χ3v) is 10.7. The molecular formula is C46H28N2OS. The lowest BCUT2D eigenvalue weighted by Crippen LogP contribution is -1.97. The first kappa shape index (κ1) is 28.6. The van der Waals surface area contributed by atoms with E-state index in [4.69, 9.17) is 14.4 Å². The van der Waals surface area contributed by atoms with Crippen molar-refractivity contribution in [2.75, 3.05) is 0 Å². The maximum Gasteiger partial charge on any atom is 0.164 e. The molecule has 50 heavy (non-hydrogen) atoms. The Morgan fingerprint density at radius 3 is 1.88 bits per heavy atom. The topological polar surface area (TPSA) is 38.9 Å². The Morgan fingerprint density at radius 2 is 1.04 bits per heavy atom. The molecule has 0 aliphatic heterocycles. The first-order valence-electron chi connectivity index (χ1n) is 16.7. The molecule has 10 aromatic rings. The smallest absolute Gasteiger partial charge is 0.164 e. The molecule has 0 saturated heterocycles. The van der Waals surface area contributed by atoms with Crippen LogP contribution in [0.2, 0.25) is 0 Å². The number of rotatable bonds is 5. The summed E-state index contributed by atoms with van der Waals surface area (Å²) in [6, 6.07) is 59.5. The van der Waals surface area contributed by atoms with Crippen molar-refractivity contribution in [3.63, 3.8) is 0 Å². The largest absolute Gasteiger partial charge is 0.455 e. The number of para-hydroxylation sites is 1. The molecule has 0 unspecified atom stereocenters. The van der Waals surface area contributed by atoms with Crippen LogP contribution < -0.4 is 0 Å². The third-order valence-electron chi connectivity index (χ3n) is 9.54. The first-order valence-corrected chi connectivity index (χ1v) is 17.6. The average Bonchev–Trinajstić information content (AvgIpc) is 3.77. The normalized spacial score (nSPS) is 11.6. The van der Waals surface area contributed by atoms with Gasteiger partial charge in [-0.1, -0.05) is 133 Å². The summed E-state index contributed by atoms with van der Waals surface area (Å²) < 4.78 is 9.34. The fraction of sp³-hybridized carbons (Fsp3) is 0. The Bertz CT molecular complexity index is 2870. The maximum absolute atomic E-state index is 6.75. The Labute approximate surface area is 292 Å². The Balaban J connectivity index is 1.23. The van der Waals surface area contributed by atoms with E-state index in [1.807, 2.05) is 35.6 Å².